The molecular weight excluding hydrogens is 270 g/mol. The zero-order valence-electron chi connectivity index (χ0n) is 8.88. The van der Waals surface area contributed by atoms with Gasteiger partial charge in [-0.25, -0.2) is 0 Å². The van der Waals surface area contributed by atoms with Gasteiger partial charge in [-0.1, -0.05) is 64.1 Å². The molecule has 1 rings (SSSR count). The fourth-order valence-corrected chi connectivity index (χ4v) is 1.37. The predicted octanol–water partition coefficient (Wildman–Crippen LogP) is 3.64. The van der Waals surface area contributed by atoms with E-state index in [9.17, 15) is 0 Å². The minimum atomic E-state index is 0.746. The van der Waals surface area contributed by atoms with E-state index in [1.807, 2.05) is 30.3 Å². The van der Waals surface area contributed by atoms with Crippen molar-refractivity contribution in [3.8, 4) is 0 Å². The normalized spacial score (nSPS) is 9.53. The van der Waals surface area contributed by atoms with E-state index in [4.69, 9.17) is 12.2 Å². The predicted molar refractivity (Wildman–Crippen MR) is 73.4 cm³/mol. The molecule has 0 heterocycles. The topological polar surface area (TPSA) is 12.0 Å². The van der Waals surface area contributed by atoms with Gasteiger partial charge < -0.3 is 5.32 Å². The molecule has 0 aliphatic carbocycles. The Bertz CT molecular complexity index is 366. The van der Waals surface area contributed by atoms with Crippen LogP contribution in [0.3, 0.4) is 0 Å². The van der Waals surface area contributed by atoms with Gasteiger partial charge in [0, 0.05) is 16.6 Å². The second kappa shape index (κ2) is 6.03. The van der Waals surface area contributed by atoms with E-state index in [0.29, 0.717) is 0 Å². The van der Waals surface area contributed by atoms with E-state index < -0.39 is 0 Å². The van der Waals surface area contributed by atoms with Crippen LogP contribution in [0.1, 0.15) is 19.4 Å². The largest absolute Gasteiger partial charge is 0.371 e. The maximum absolute atomic E-state index is 5.27. The Balaban J connectivity index is 2.55. The second-order valence-corrected chi connectivity index (χ2v) is 4.82. The first kappa shape index (κ1) is 12.4. The van der Waals surface area contributed by atoms with E-state index >= 15 is 0 Å². The van der Waals surface area contributed by atoms with Crippen molar-refractivity contribution in [2.75, 3.05) is 6.54 Å². The molecule has 0 radical (unpaired) electrons. The van der Waals surface area contributed by atoms with Gasteiger partial charge in [-0.2, -0.15) is 0 Å². The third-order valence-corrected chi connectivity index (χ3v) is 3.44. The van der Waals surface area contributed by atoms with E-state index in [0.717, 1.165) is 21.6 Å². The smallest absolute Gasteiger partial charge is 0.106 e. The molecule has 0 unspecified atom stereocenters. The molecule has 0 amide bonds. The first-order valence-electron chi connectivity index (χ1n) is 4.76. The van der Waals surface area contributed by atoms with Crippen LogP contribution < -0.4 is 5.32 Å². The molecule has 80 valence electrons. The lowest BCUT2D eigenvalue weighted by atomic mass is 10.2. The molecule has 3 heteroatoms. The standard InChI is InChI=1S/C12H14BrNS/c1-9(2)11(13)8-14-12(15)10-6-4-3-5-7-10/h3-7H,8H2,1-2H3,(H,14,15). The van der Waals surface area contributed by atoms with Gasteiger partial charge in [0.2, 0.25) is 0 Å². The molecule has 0 fully saturated rings. The minimum Gasteiger partial charge on any atom is -0.371 e. The molecular formula is C12H14BrNS. The van der Waals surface area contributed by atoms with Crippen LogP contribution in [0.25, 0.3) is 0 Å². The van der Waals surface area contributed by atoms with Crippen LogP contribution in [0.4, 0.5) is 0 Å². The van der Waals surface area contributed by atoms with Crippen LogP contribution >= 0.6 is 28.1 Å². The molecule has 1 aromatic carbocycles. The number of nitrogens with one attached hydrogen (secondary N) is 1. The zero-order chi connectivity index (χ0) is 11.3. The lowest BCUT2D eigenvalue weighted by Gasteiger charge is -2.08. The van der Waals surface area contributed by atoms with Crippen molar-refractivity contribution >= 4 is 33.1 Å². The van der Waals surface area contributed by atoms with E-state index in [1.54, 1.807) is 0 Å². The van der Waals surface area contributed by atoms with Gasteiger partial charge in [-0.05, 0) is 13.8 Å². The fraction of sp³-hybridized carbons (Fsp3) is 0.250. The Morgan fingerprint density at radius 2 is 1.87 bits per heavy atom. The molecule has 0 saturated carbocycles. The van der Waals surface area contributed by atoms with Crippen LogP contribution in [0.15, 0.2) is 40.4 Å². The molecule has 1 N–H and O–H groups in total. The third kappa shape index (κ3) is 4.14. The summed E-state index contributed by atoms with van der Waals surface area (Å²) in [6, 6.07) is 9.97. The maximum Gasteiger partial charge on any atom is 0.106 e. The monoisotopic (exact) mass is 283 g/mol. The summed E-state index contributed by atoms with van der Waals surface area (Å²) in [5.74, 6) is 0. The van der Waals surface area contributed by atoms with E-state index in [2.05, 4.69) is 35.1 Å². The number of thiocarbonyl (C=S) groups is 1. The summed E-state index contributed by atoms with van der Waals surface area (Å²) in [5.41, 5.74) is 2.32. The molecule has 0 aromatic heterocycles. The Kier molecular flexibility index (Phi) is 4.99. The molecule has 0 aliphatic rings. The van der Waals surface area contributed by atoms with Crippen molar-refractivity contribution in [2.45, 2.75) is 13.8 Å². The van der Waals surface area contributed by atoms with Gasteiger partial charge in [0.15, 0.2) is 0 Å². The molecule has 15 heavy (non-hydrogen) atoms. The Hall–Kier alpha value is -0.670. The van der Waals surface area contributed by atoms with Gasteiger partial charge in [0.1, 0.15) is 4.99 Å². The van der Waals surface area contributed by atoms with Gasteiger partial charge in [-0.15, -0.1) is 0 Å². The quantitative estimate of drug-likeness (QED) is 0.850. The van der Waals surface area contributed by atoms with Crippen molar-refractivity contribution < 1.29 is 0 Å². The van der Waals surface area contributed by atoms with Crippen LogP contribution in [0, 0.1) is 0 Å². The van der Waals surface area contributed by atoms with Crippen molar-refractivity contribution in [2.24, 2.45) is 0 Å². The lowest BCUT2D eigenvalue weighted by Crippen LogP contribution is -2.23. The Morgan fingerprint density at radius 3 is 2.40 bits per heavy atom. The third-order valence-electron chi connectivity index (χ3n) is 1.98. The first-order chi connectivity index (χ1) is 7.11. The number of hydrogen-bond donors (Lipinski definition) is 1. The second-order valence-electron chi connectivity index (χ2n) is 3.45. The maximum atomic E-state index is 5.27. The van der Waals surface area contributed by atoms with E-state index in [1.165, 1.54) is 5.57 Å². The number of rotatable bonds is 3. The highest BCUT2D eigenvalue weighted by atomic mass is 79.9. The summed E-state index contributed by atoms with van der Waals surface area (Å²) in [5, 5.41) is 3.21. The van der Waals surface area contributed by atoms with Crippen molar-refractivity contribution in [1.82, 2.24) is 5.32 Å². The Labute approximate surface area is 105 Å². The van der Waals surface area contributed by atoms with Gasteiger partial charge in [0.25, 0.3) is 0 Å². The molecule has 0 aliphatic heterocycles. The zero-order valence-corrected chi connectivity index (χ0v) is 11.3. The average molecular weight is 284 g/mol. The van der Waals surface area contributed by atoms with Gasteiger partial charge in [-0.3, -0.25) is 0 Å². The summed E-state index contributed by atoms with van der Waals surface area (Å²) >= 11 is 8.77. The number of allylic oxidation sites excluding steroid dienone is 1. The lowest BCUT2D eigenvalue weighted by molar-refractivity contribution is 1.04. The molecule has 1 aromatic rings. The first-order valence-corrected chi connectivity index (χ1v) is 5.96. The number of halogens is 1. The fourth-order valence-electron chi connectivity index (χ4n) is 1.03. The molecule has 0 spiro atoms. The SMILES string of the molecule is CC(C)=C(Br)CNC(=S)c1ccccc1. The van der Waals surface area contributed by atoms with Crippen LogP contribution in [0.2, 0.25) is 0 Å². The van der Waals surface area contributed by atoms with Crippen LogP contribution in [-0.4, -0.2) is 11.5 Å². The molecule has 0 saturated heterocycles. The van der Waals surface area contributed by atoms with Gasteiger partial charge >= 0.3 is 0 Å². The average Bonchev–Trinajstić information content (AvgIpc) is 2.26. The Morgan fingerprint density at radius 1 is 1.27 bits per heavy atom. The number of hydrogen-bond acceptors (Lipinski definition) is 1. The molecule has 0 atom stereocenters. The highest BCUT2D eigenvalue weighted by Crippen LogP contribution is 2.10. The summed E-state index contributed by atoms with van der Waals surface area (Å²) in [4.78, 5) is 0.786. The molecule has 0 bridgehead atoms. The summed E-state index contributed by atoms with van der Waals surface area (Å²) < 4.78 is 1.15. The van der Waals surface area contributed by atoms with Crippen LogP contribution in [-0.2, 0) is 0 Å². The highest BCUT2D eigenvalue weighted by molar-refractivity contribution is 9.11. The van der Waals surface area contributed by atoms with Crippen molar-refractivity contribution in [3.05, 3.63) is 46.0 Å². The summed E-state index contributed by atoms with van der Waals surface area (Å²) in [6.45, 7) is 4.88. The number of benzene rings is 1. The highest BCUT2D eigenvalue weighted by Gasteiger charge is 2.00. The van der Waals surface area contributed by atoms with Gasteiger partial charge in [0.05, 0.1) is 0 Å². The summed E-state index contributed by atoms with van der Waals surface area (Å²) in [7, 11) is 0. The van der Waals surface area contributed by atoms with Crippen molar-refractivity contribution in [1.29, 1.82) is 0 Å². The van der Waals surface area contributed by atoms with Crippen molar-refractivity contribution in [3.63, 3.8) is 0 Å². The molecule has 1 nitrogen and oxygen atoms in total. The minimum absolute atomic E-state index is 0.746. The summed E-state index contributed by atoms with van der Waals surface area (Å²) in [6.07, 6.45) is 0. The van der Waals surface area contributed by atoms with Crippen LogP contribution in [0.5, 0.6) is 0 Å². The van der Waals surface area contributed by atoms with E-state index in [-0.39, 0.29) is 0 Å².